The van der Waals surface area contributed by atoms with Gasteiger partial charge in [-0.15, -0.1) is 0 Å². The summed E-state index contributed by atoms with van der Waals surface area (Å²) < 4.78 is 13.4. The molecule has 5 heteroatoms. The maximum atomic E-state index is 13.1. The highest BCUT2D eigenvalue weighted by Gasteiger charge is 2.12. The van der Waals surface area contributed by atoms with E-state index in [1.807, 2.05) is 29.5 Å². The summed E-state index contributed by atoms with van der Waals surface area (Å²) in [6.07, 6.45) is 0.849. The van der Waals surface area contributed by atoms with E-state index in [1.54, 1.807) is 0 Å². The number of hydrogen-bond donors (Lipinski definition) is 1. The standard InChI is InChI=1S/C10H10ClFINO/c1-2-3-14-10(15)6-4-9(13)8(12)5-7(6)11/h4-5H,2-3H2,1H3,(H,14,15). The summed E-state index contributed by atoms with van der Waals surface area (Å²) in [7, 11) is 0. The molecule has 1 rings (SSSR count). The van der Waals surface area contributed by atoms with E-state index in [-0.39, 0.29) is 10.9 Å². The summed E-state index contributed by atoms with van der Waals surface area (Å²) in [6, 6.07) is 2.60. The molecular formula is C10H10ClFINO. The van der Waals surface area contributed by atoms with E-state index in [2.05, 4.69) is 5.32 Å². The Morgan fingerprint density at radius 3 is 2.87 bits per heavy atom. The van der Waals surface area contributed by atoms with Crippen LogP contribution in [0.3, 0.4) is 0 Å². The van der Waals surface area contributed by atoms with E-state index < -0.39 is 5.82 Å². The van der Waals surface area contributed by atoms with Gasteiger partial charge in [-0.2, -0.15) is 0 Å². The number of nitrogens with one attached hydrogen (secondary N) is 1. The summed E-state index contributed by atoms with van der Waals surface area (Å²) >= 11 is 7.60. The first-order valence-electron chi connectivity index (χ1n) is 4.49. The summed E-state index contributed by atoms with van der Waals surface area (Å²) in [5.74, 6) is -0.674. The predicted octanol–water partition coefficient (Wildman–Crippen LogP) is 3.22. The molecule has 0 fully saturated rings. The molecule has 0 unspecified atom stereocenters. The van der Waals surface area contributed by atoms with Crippen molar-refractivity contribution in [1.29, 1.82) is 0 Å². The summed E-state index contributed by atoms with van der Waals surface area (Å²) in [4.78, 5) is 11.6. The topological polar surface area (TPSA) is 29.1 Å². The van der Waals surface area contributed by atoms with Crippen LogP contribution in [0, 0.1) is 9.39 Å². The highest BCUT2D eigenvalue weighted by atomic mass is 127. The highest BCUT2D eigenvalue weighted by Crippen LogP contribution is 2.21. The third-order valence-corrected chi connectivity index (χ3v) is 2.93. The monoisotopic (exact) mass is 341 g/mol. The average molecular weight is 342 g/mol. The largest absolute Gasteiger partial charge is 0.352 e. The molecule has 0 aliphatic carbocycles. The zero-order valence-electron chi connectivity index (χ0n) is 8.11. The predicted molar refractivity (Wildman–Crippen MR) is 66.8 cm³/mol. The average Bonchev–Trinajstić information content (AvgIpc) is 2.20. The fourth-order valence-corrected chi connectivity index (χ4v) is 1.73. The van der Waals surface area contributed by atoms with Crippen molar-refractivity contribution in [3.05, 3.63) is 32.1 Å². The Kier molecular flexibility index (Phi) is 4.79. The summed E-state index contributed by atoms with van der Waals surface area (Å²) in [6.45, 7) is 2.54. The second-order valence-electron chi connectivity index (χ2n) is 3.00. The van der Waals surface area contributed by atoms with Gasteiger partial charge in [0, 0.05) is 10.1 Å². The van der Waals surface area contributed by atoms with Crippen LogP contribution in [-0.2, 0) is 0 Å². The first-order valence-corrected chi connectivity index (χ1v) is 5.94. The van der Waals surface area contributed by atoms with Gasteiger partial charge in [-0.3, -0.25) is 4.79 Å². The third kappa shape index (κ3) is 3.31. The molecule has 0 saturated heterocycles. The highest BCUT2D eigenvalue weighted by molar-refractivity contribution is 14.1. The Hall–Kier alpha value is -0.360. The van der Waals surface area contributed by atoms with E-state index in [9.17, 15) is 9.18 Å². The minimum Gasteiger partial charge on any atom is -0.352 e. The fourth-order valence-electron chi connectivity index (χ4n) is 1.03. The molecule has 0 saturated carbocycles. The first kappa shape index (κ1) is 12.7. The van der Waals surface area contributed by atoms with Gasteiger partial charge >= 0.3 is 0 Å². The van der Waals surface area contributed by atoms with Gasteiger partial charge in [-0.1, -0.05) is 18.5 Å². The van der Waals surface area contributed by atoms with Crippen molar-refractivity contribution in [2.24, 2.45) is 0 Å². The van der Waals surface area contributed by atoms with Crippen molar-refractivity contribution >= 4 is 40.1 Å². The van der Waals surface area contributed by atoms with Crippen LogP contribution < -0.4 is 5.32 Å². The number of carbonyl (C=O) groups excluding carboxylic acids is 1. The lowest BCUT2D eigenvalue weighted by Crippen LogP contribution is -2.24. The lowest BCUT2D eigenvalue weighted by atomic mass is 10.2. The molecular weight excluding hydrogens is 331 g/mol. The van der Waals surface area contributed by atoms with Crippen LogP contribution in [0.4, 0.5) is 4.39 Å². The number of amides is 1. The smallest absolute Gasteiger partial charge is 0.252 e. The summed E-state index contributed by atoms with van der Waals surface area (Å²) in [5.41, 5.74) is 0.316. The molecule has 15 heavy (non-hydrogen) atoms. The van der Waals surface area contributed by atoms with Crippen molar-refractivity contribution < 1.29 is 9.18 Å². The quantitative estimate of drug-likeness (QED) is 0.664. The van der Waals surface area contributed by atoms with Gasteiger partial charge < -0.3 is 5.32 Å². The van der Waals surface area contributed by atoms with Gasteiger partial charge in [0.05, 0.1) is 10.6 Å². The maximum absolute atomic E-state index is 13.1. The van der Waals surface area contributed by atoms with Gasteiger partial charge in [0.2, 0.25) is 0 Å². The maximum Gasteiger partial charge on any atom is 0.252 e. The zero-order valence-corrected chi connectivity index (χ0v) is 11.0. The van der Waals surface area contributed by atoms with Gasteiger partial charge in [-0.05, 0) is 41.1 Å². The molecule has 1 amide bonds. The number of benzene rings is 1. The van der Waals surface area contributed by atoms with E-state index in [1.165, 1.54) is 6.07 Å². The molecule has 0 radical (unpaired) electrons. The van der Waals surface area contributed by atoms with Crippen LogP contribution in [-0.4, -0.2) is 12.5 Å². The fraction of sp³-hybridized carbons (Fsp3) is 0.300. The van der Waals surface area contributed by atoms with Crippen LogP contribution in [0.2, 0.25) is 5.02 Å². The number of halogens is 3. The van der Waals surface area contributed by atoms with E-state index in [0.717, 1.165) is 12.5 Å². The SMILES string of the molecule is CCCNC(=O)c1cc(I)c(F)cc1Cl. The molecule has 0 bridgehead atoms. The summed E-state index contributed by atoms with van der Waals surface area (Å²) in [5, 5.41) is 2.83. The molecule has 0 spiro atoms. The van der Waals surface area contributed by atoms with Gasteiger partial charge in [0.25, 0.3) is 5.91 Å². The normalized spacial score (nSPS) is 10.1. The van der Waals surface area contributed by atoms with Crippen LogP contribution in [0.5, 0.6) is 0 Å². The van der Waals surface area contributed by atoms with Crippen molar-refractivity contribution in [3.8, 4) is 0 Å². The molecule has 0 aliphatic rings. The Morgan fingerprint density at radius 2 is 2.27 bits per heavy atom. The van der Waals surface area contributed by atoms with Crippen molar-refractivity contribution in [2.45, 2.75) is 13.3 Å². The van der Waals surface area contributed by atoms with Crippen molar-refractivity contribution in [3.63, 3.8) is 0 Å². The van der Waals surface area contributed by atoms with Crippen molar-refractivity contribution in [1.82, 2.24) is 5.32 Å². The number of rotatable bonds is 3. The van der Waals surface area contributed by atoms with E-state index in [4.69, 9.17) is 11.6 Å². The molecule has 0 aliphatic heterocycles. The second kappa shape index (κ2) is 5.65. The molecule has 1 aromatic rings. The zero-order chi connectivity index (χ0) is 11.4. The lowest BCUT2D eigenvalue weighted by Gasteiger charge is -2.06. The molecule has 0 heterocycles. The lowest BCUT2D eigenvalue weighted by molar-refractivity contribution is 0.0953. The Bertz CT molecular complexity index is 384. The van der Waals surface area contributed by atoms with E-state index >= 15 is 0 Å². The Morgan fingerprint density at radius 1 is 1.60 bits per heavy atom. The second-order valence-corrected chi connectivity index (χ2v) is 4.57. The van der Waals surface area contributed by atoms with Crippen molar-refractivity contribution in [2.75, 3.05) is 6.54 Å². The Labute approximate surface area is 106 Å². The molecule has 1 aromatic carbocycles. The van der Waals surface area contributed by atoms with Gasteiger partial charge in [-0.25, -0.2) is 4.39 Å². The molecule has 0 aromatic heterocycles. The molecule has 2 nitrogen and oxygen atoms in total. The van der Waals surface area contributed by atoms with Crippen LogP contribution in [0.1, 0.15) is 23.7 Å². The first-order chi connectivity index (χ1) is 7.06. The minimum atomic E-state index is -0.410. The number of hydrogen-bond acceptors (Lipinski definition) is 1. The minimum absolute atomic E-state index is 0.140. The van der Waals surface area contributed by atoms with Gasteiger partial charge in [0.15, 0.2) is 0 Å². The molecule has 82 valence electrons. The third-order valence-electron chi connectivity index (χ3n) is 1.79. The van der Waals surface area contributed by atoms with Crippen LogP contribution >= 0.6 is 34.2 Å². The van der Waals surface area contributed by atoms with Crippen LogP contribution in [0.25, 0.3) is 0 Å². The molecule has 0 atom stereocenters. The van der Waals surface area contributed by atoms with Gasteiger partial charge in [0.1, 0.15) is 5.82 Å². The molecule has 1 N–H and O–H groups in total. The van der Waals surface area contributed by atoms with E-state index in [0.29, 0.717) is 15.7 Å². The number of carbonyl (C=O) groups is 1. The Balaban J connectivity index is 2.94. The van der Waals surface area contributed by atoms with Crippen LogP contribution in [0.15, 0.2) is 12.1 Å².